The van der Waals surface area contributed by atoms with Crippen molar-refractivity contribution in [3.05, 3.63) is 61.0 Å². The zero-order valence-electron chi connectivity index (χ0n) is 23.6. The molecule has 2 atom stereocenters. The van der Waals surface area contributed by atoms with Crippen molar-refractivity contribution in [1.82, 2.24) is 0 Å². The van der Waals surface area contributed by atoms with Gasteiger partial charge < -0.3 is 4.74 Å². The van der Waals surface area contributed by atoms with Crippen LogP contribution in [-0.2, 0) is 40.8 Å². The van der Waals surface area contributed by atoms with Gasteiger partial charge in [-0.05, 0) is 39.9 Å². The van der Waals surface area contributed by atoms with Crippen molar-refractivity contribution in [2.75, 3.05) is 7.11 Å². The number of hydrogen-bond donors (Lipinski definition) is 0. The van der Waals surface area contributed by atoms with E-state index in [1.54, 1.807) is 7.11 Å². The summed E-state index contributed by atoms with van der Waals surface area (Å²) in [4.78, 5) is 14.4. The smallest absolute Gasteiger partial charge is 0 e. The predicted molar refractivity (Wildman–Crippen MR) is 144 cm³/mol. The van der Waals surface area contributed by atoms with Crippen LogP contribution in [0, 0.1) is 20.0 Å². The van der Waals surface area contributed by atoms with E-state index in [1.165, 1.54) is 16.3 Å². The monoisotopic (exact) mass is 566 g/mol. The molecule has 5 nitrogen and oxygen atoms in total. The Balaban J connectivity index is -0.00000144. The van der Waals surface area contributed by atoms with Crippen molar-refractivity contribution in [2.45, 2.75) is 95.9 Å². The van der Waals surface area contributed by atoms with E-state index in [0.717, 1.165) is 0 Å². The van der Waals surface area contributed by atoms with E-state index in [0.29, 0.717) is 22.4 Å². The summed E-state index contributed by atoms with van der Waals surface area (Å²) >= 11 is 0. The topological polar surface area (TPSA) is 86.0 Å². The standard InChI is InChI=1S/C25H42O2Si2.3CO.Cr/c1-17(2)29(18(3)4,19(5)6)23-21(20-15-13-12-14-16-20)25(7,27-8)24(22(23)26)28(9,10)11;3*1-2;/h12-19,24H,1-11H3;;;;/t24-,25-;;;;/m1..../s1. The van der Waals surface area contributed by atoms with E-state index < -0.39 is 21.7 Å². The van der Waals surface area contributed by atoms with Gasteiger partial charge >= 0.3 is 33.9 Å². The minimum absolute atomic E-state index is 0. The third-order valence-corrected chi connectivity index (χ3v) is 17.1. The zero-order valence-corrected chi connectivity index (χ0v) is 26.9. The fraction of sp³-hybridized carbons (Fsp3) is 0.571. The Kier molecular flexibility index (Phi) is 18.1. The molecule has 0 amide bonds. The van der Waals surface area contributed by atoms with Gasteiger partial charge in [0.1, 0.15) is 0 Å². The molecule has 0 aliphatic heterocycles. The Hall–Kier alpha value is -1.22. The van der Waals surface area contributed by atoms with Crippen LogP contribution in [-0.4, -0.2) is 34.6 Å². The first-order valence-corrected chi connectivity index (χ1v) is 17.6. The maximum absolute atomic E-state index is 14.4. The van der Waals surface area contributed by atoms with Crippen LogP contribution in [0.1, 0.15) is 54.0 Å². The minimum atomic E-state index is -2.16. The number of methoxy groups -OCH3 is 1. The van der Waals surface area contributed by atoms with Crippen molar-refractivity contribution in [1.29, 1.82) is 0 Å². The second-order valence-electron chi connectivity index (χ2n) is 11.0. The van der Waals surface area contributed by atoms with Gasteiger partial charge in [-0.15, -0.1) is 0 Å². The van der Waals surface area contributed by atoms with Crippen LogP contribution < -0.4 is 0 Å². The number of carbonyl (C=O) groups excluding carboxylic acids is 1. The Bertz CT molecular complexity index is 875. The molecule has 0 unspecified atom stereocenters. The summed E-state index contributed by atoms with van der Waals surface area (Å²) in [6.45, 7) is 36.7. The first kappa shape index (κ1) is 39.3. The van der Waals surface area contributed by atoms with Gasteiger partial charge in [0.05, 0.1) is 21.7 Å². The maximum atomic E-state index is 14.4. The van der Waals surface area contributed by atoms with Gasteiger partial charge in [-0.25, -0.2) is 0 Å². The van der Waals surface area contributed by atoms with Gasteiger partial charge in [-0.2, -0.15) is 0 Å². The molecule has 36 heavy (non-hydrogen) atoms. The van der Waals surface area contributed by atoms with Crippen LogP contribution in [0.4, 0.5) is 0 Å². The van der Waals surface area contributed by atoms with Gasteiger partial charge in [-0.3, -0.25) is 4.79 Å². The molecule has 0 N–H and O–H groups in total. The van der Waals surface area contributed by atoms with Gasteiger partial charge in [-0.1, -0.05) is 91.5 Å². The molecule has 1 aliphatic rings. The molecule has 0 saturated heterocycles. The molecule has 0 saturated carbocycles. The molecule has 8 heteroatoms. The molecule has 1 aliphatic carbocycles. The molecule has 0 heterocycles. The van der Waals surface area contributed by atoms with Crippen LogP contribution >= 0.6 is 0 Å². The molecular formula is C28H42CrO5Si2. The Morgan fingerprint density at radius 1 is 0.833 bits per heavy atom. The summed E-state index contributed by atoms with van der Waals surface area (Å²) in [5.41, 5.74) is 3.22. The van der Waals surface area contributed by atoms with Gasteiger partial charge in [0.25, 0.3) is 0 Å². The molecule has 1 aromatic rings. The van der Waals surface area contributed by atoms with Crippen LogP contribution in [0.2, 0.25) is 41.8 Å². The average Bonchev–Trinajstić information content (AvgIpc) is 3.05. The molecule has 1 aromatic carbocycles. The van der Waals surface area contributed by atoms with Crippen molar-refractivity contribution in [2.24, 2.45) is 0 Å². The van der Waals surface area contributed by atoms with E-state index in [2.05, 4.69) is 118 Å². The molecule has 2 rings (SSSR count). The molecule has 0 fully saturated rings. The second-order valence-corrected chi connectivity index (χ2v) is 22.1. The molecular weight excluding hydrogens is 524 g/mol. The quantitative estimate of drug-likeness (QED) is 0.198. The predicted octanol–water partition coefficient (Wildman–Crippen LogP) is 7.24. The number of Topliss-reactive ketones (excluding diaryl/α,β-unsaturated/α-hetero) is 1. The van der Waals surface area contributed by atoms with Crippen molar-refractivity contribution >= 4 is 27.5 Å². The Morgan fingerprint density at radius 2 is 1.19 bits per heavy atom. The SMILES string of the molecule is CO[C@]1(C)C(c2ccccc2)=C([Si](C(C)C)(C(C)C)C(C)C)C(=O)[C@H]1[Si](C)(C)C.[C-]#[O+].[C-]#[O+].[C-]#[O+].[Cr]. The number of rotatable bonds is 7. The zero-order chi connectivity index (χ0) is 28.4. The van der Waals surface area contributed by atoms with Gasteiger partial charge in [0, 0.05) is 30.0 Å². The molecule has 0 radical (unpaired) electrons. The van der Waals surface area contributed by atoms with E-state index in [1.807, 2.05) is 0 Å². The first-order chi connectivity index (χ1) is 16.3. The third-order valence-electron chi connectivity index (χ3n) is 7.46. The second kappa shape index (κ2) is 16.6. The molecule has 198 valence electrons. The fourth-order valence-corrected chi connectivity index (χ4v) is 16.8. The largest absolute Gasteiger partial charge is 0 e. The van der Waals surface area contributed by atoms with Gasteiger partial charge in [0.2, 0.25) is 0 Å². The van der Waals surface area contributed by atoms with Gasteiger partial charge in [0.15, 0.2) is 5.78 Å². The van der Waals surface area contributed by atoms with Crippen LogP contribution in [0.15, 0.2) is 35.5 Å². The normalized spacial score (nSPS) is 19.3. The van der Waals surface area contributed by atoms with E-state index in [4.69, 9.17) is 18.7 Å². The third kappa shape index (κ3) is 7.20. The fourth-order valence-electron chi connectivity index (χ4n) is 6.68. The Labute approximate surface area is 231 Å². The maximum Gasteiger partial charge on any atom is 0 e. The van der Waals surface area contributed by atoms with E-state index >= 15 is 0 Å². The van der Waals surface area contributed by atoms with Crippen LogP contribution in [0.5, 0.6) is 0 Å². The van der Waals surface area contributed by atoms with E-state index in [-0.39, 0.29) is 22.9 Å². The number of carbonyl (C=O) groups is 1. The minimum Gasteiger partial charge on any atom is 0 e. The number of allylic oxidation sites excluding steroid dienone is 1. The Morgan fingerprint density at radius 3 is 1.47 bits per heavy atom. The summed E-state index contributed by atoms with van der Waals surface area (Å²) in [5.74, 6) is 0.398. The summed E-state index contributed by atoms with van der Waals surface area (Å²) in [6, 6.07) is 10.6. The first-order valence-electron chi connectivity index (χ1n) is 11.8. The van der Waals surface area contributed by atoms with Crippen LogP contribution in [0.3, 0.4) is 0 Å². The molecule has 0 spiro atoms. The van der Waals surface area contributed by atoms with Crippen LogP contribution in [0.25, 0.3) is 5.57 Å². The number of ketones is 1. The molecule has 0 bridgehead atoms. The summed E-state index contributed by atoms with van der Waals surface area (Å²) in [6.07, 6.45) is 0. The van der Waals surface area contributed by atoms with Crippen molar-refractivity contribution in [3.63, 3.8) is 0 Å². The number of hydrogen-bond acceptors (Lipinski definition) is 2. The number of ether oxygens (including phenoxy) is 1. The average molecular weight is 567 g/mol. The summed E-state index contributed by atoms with van der Waals surface area (Å²) in [7, 11) is -2.19. The van der Waals surface area contributed by atoms with Crippen molar-refractivity contribution < 1.29 is 40.8 Å². The van der Waals surface area contributed by atoms with E-state index in [9.17, 15) is 4.79 Å². The molecule has 0 aromatic heterocycles. The summed E-state index contributed by atoms with van der Waals surface area (Å²) in [5, 5.41) is 1.18. The summed E-state index contributed by atoms with van der Waals surface area (Å²) < 4.78 is 28.8. The van der Waals surface area contributed by atoms with Crippen molar-refractivity contribution in [3.8, 4) is 0 Å². The number of benzene rings is 1.